The van der Waals surface area contributed by atoms with Crippen LogP contribution in [-0.4, -0.2) is 30.4 Å². The van der Waals surface area contributed by atoms with Crippen molar-refractivity contribution in [2.45, 2.75) is 12.8 Å². The quantitative estimate of drug-likeness (QED) is 0.663. The van der Waals surface area contributed by atoms with Gasteiger partial charge in [-0.2, -0.15) is 0 Å². The highest BCUT2D eigenvalue weighted by Crippen LogP contribution is 2.31. The zero-order chi connectivity index (χ0) is 15.4. The minimum Gasteiger partial charge on any atom is -0.396 e. The number of hydrogen-bond donors (Lipinski definition) is 2. The zero-order valence-electron chi connectivity index (χ0n) is 11.5. The van der Waals surface area contributed by atoms with E-state index in [0.717, 1.165) is 25.9 Å². The van der Waals surface area contributed by atoms with E-state index in [-0.39, 0.29) is 11.8 Å². The lowest BCUT2D eigenvalue weighted by atomic mass is 9.96. The molecule has 0 unspecified atom stereocenters. The van der Waals surface area contributed by atoms with Gasteiger partial charge in [-0.15, -0.1) is 6.42 Å². The molecule has 1 aliphatic heterocycles. The summed E-state index contributed by atoms with van der Waals surface area (Å²) < 4.78 is 0. The third-order valence-electron chi connectivity index (χ3n) is 3.62. The Bertz CT molecular complexity index is 552. The van der Waals surface area contributed by atoms with Gasteiger partial charge in [0.25, 0.3) is 0 Å². The molecule has 3 N–H and O–H groups in total. The number of terminal acetylenes is 1. The van der Waals surface area contributed by atoms with Crippen molar-refractivity contribution in [3.05, 3.63) is 22.2 Å². The number of nitrogens with zero attached hydrogens (tertiary/aromatic N) is 1. The monoisotopic (exact) mass is 325 g/mol. The lowest BCUT2D eigenvalue weighted by Crippen LogP contribution is -2.38. The van der Waals surface area contributed by atoms with Crippen LogP contribution in [0.4, 0.5) is 11.4 Å². The molecule has 1 heterocycles. The van der Waals surface area contributed by atoms with Gasteiger partial charge in [-0.25, -0.2) is 0 Å². The maximum absolute atomic E-state index is 12.3. The summed E-state index contributed by atoms with van der Waals surface area (Å²) in [6.45, 7) is 2.31. The first kappa shape index (κ1) is 16.0. The summed E-state index contributed by atoms with van der Waals surface area (Å²) >= 11 is 11.9. The van der Waals surface area contributed by atoms with Crippen molar-refractivity contribution in [2.24, 2.45) is 5.92 Å². The highest BCUT2D eigenvalue weighted by Gasteiger charge is 2.24. The number of likely N-dealkylation sites (tertiary alicyclic amines) is 1. The molecule has 1 aromatic rings. The summed E-state index contributed by atoms with van der Waals surface area (Å²) in [5.74, 6) is 2.58. The van der Waals surface area contributed by atoms with E-state index >= 15 is 0 Å². The predicted molar refractivity (Wildman–Crippen MR) is 87.5 cm³/mol. The SMILES string of the molecule is C#CCN1CCC(C(=O)Nc2cc(Cl)c(N)c(Cl)c2)CC1. The van der Waals surface area contributed by atoms with Crippen LogP contribution in [0.1, 0.15) is 12.8 Å². The summed E-state index contributed by atoms with van der Waals surface area (Å²) in [6.07, 6.45) is 6.88. The molecule has 112 valence electrons. The Morgan fingerprint density at radius 3 is 2.48 bits per heavy atom. The van der Waals surface area contributed by atoms with Crippen LogP contribution in [0.5, 0.6) is 0 Å². The van der Waals surface area contributed by atoms with E-state index in [1.165, 1.54) is 0 Å². The van der Waals surface area contributed by atoms with Crippen molar-refractivity contribution in [2.75, 3.05) is 30.7 Å². The molecule has 0 saturated carbocycles. The largest absolute Gasteiger partial charge is 0.396 e. The number of carbonyl (C=O) groups is 1. The molecule has 1 aromatic carbocycles. The fourth-order valence-corrected chi connectivity index (χ4v) is 2.87. The van der Waals surface area contributed by atoms with E-state index in [2.05, 4.69) is 16.1 Å². The van der Waals surface area contributed by atoms with Gasteiger partial charge in [0, 0.05) is 11.6 Å². The molecule has 0 aromatic heterocycles. The number of carbonyl (C=O) groups excluding carboxylic acids is 1. The van der Waals surface area contributed by atoms with Gasteiger partial charge in [-0.3, -0.25) is 9.69 Å². The van der Waals surface area contributed by atoms with Crippen LogP contribution >= 0.6 is 23.2 Å². The average Bonchev–Trinajstić information content (AvgIpc) is 2.45. The summed E-state index contributed by atoms with van der Waals surface area (Å²) in [7, 11) is 0. The Balaban J connectivity index is 1.95. The molecular weight excluding hydrogens is 309 g/mol. The highest BCUT2D eigenvalue weighted by molar-refractivity contribution is 6.39. The molecule has 4 nitrogen and oxygen atoms in total. The van der Waals surface area contributed by atoms with E-state index in [0.29, 0.717) is 28.0 Å². The van der Waals surface area contributed by atoms with Crippen molar-refractivity contribution in [3.8, 4) is 12.3 Å². The van der Waals surface area contributed by atoms with Crippen LogP contribution in [0.2, 0.25) is 10.0 Å². The maximum atomic E-state index is 12.3. The number of halogens is 2. The van der Waals surface area contributed by atoms with E-state index in [4.69, 9.17) is 35.4 Å². The van der Waals surface area contributed by atoms with Gasteiger partial charge < -0.3 is 11.1 Å². The second kappa shape index (κ2) is 7.04. The molecule has 6 heteroatoms. The Morgan fingerprint density at radius 1 is 1.38 bits per heavy atom. The van der Waals surface area contributed by atoms with Crippen LogP contribution in [0, 0.1) is 18.3 Å². The van der Waals surface area contributed by atoms with Crippen LogP contribution < -0.4 is 11.1 Å². The molecule has 21 heavy (non-hydrogen) atoms. The molecule has 0 aliphatic carbocycles. The number of nitrogens with one attached hydrogen (secondary N) is 1. The fraction of sp³-hybridized carbons (Fsp3) is 0.400. The van der Waals surface area contributed by atoms with Crippen LogP contribution in [-0.2, 0) is 4.79 Å². The van der Waals surface area contributed by atoms with Gasteiger partial charge in [0.05, 0.1) is 22.3 Å². The summed E-state index contributed by atoms with van der Waals surface area (Å²) in [5.41, 5.74) is 6.55. The van der Waals surface area contributed by atoms with E-state index in [1.54, 1.807) is 12.1 Å². The van der Waals surface area contributed by atoms with Gasteiger partial charge in [-0.1, -0.05) is 29.1 Å². The molecule has 1 saturated heterocycles. The molecule has 0 spiro atoms. The molecule has 1 fully saturated rings. The normalized spacial score (nSPS) is 16.4. The predicted octanol–water partition coefficient (Wildman–Crippen LogP) is 2.86. The van der Waals surface area contributed by atoms with Gasteiger partial charge in [0.2, 0.25) is 5.91 Å². The van der Waals surface area contributed by atoms with Crippen molar-refractivity contribution >= 4 is 40.5 Å². The highest BCUT2D eigenvalue weighted by atomic mass is 35.5. The minimum atomic E-state index is -0.0211. The van der Waals surface area contributed by atoms with Crippen LogP contribution in [0.15, 0.2) is 12.1 Å². The van der Waals surface area contributed by atoms with Gasteiger partial charge in [0.15, 0.2) is 0 Å². The zero-order valence-corrected chi connectivity index (χ0v) is 13.0. The number of anilines is 2. The maximum Gasteiger partial charge on any atom is 0.227 e. The Morgan fingerprint density at radius 2 is 1.95 bits per heavy atom. The summed E-state index contributed by atoms with van der Waals surface area (Å²) in [6, 6.07) is 3.21. The number of benzene rings is 1. The van der Waals surface area contributed by atoms with Crippen LogP contribution in [0.25, 0.3) is 0 Å². The van der Waals surface area contributed by atoms with Gasteiger partial charge >= 0.3 is 0 Å². The van der Waals surface area contributed by atoms with E-state index < -0.39 is 0 Å². The number of rotatable bonds is 3. The number of nitrogens with two attached hydrogens (primary N) is 1. The Kier molecular flexibility index (Phi) is 5.35. The summed E-state index contributed by atoms with van der Waals surface area (Å²) in [5, 5.41) is 3.51. The lowest BCUT2D eigenvalue weighted by molar-refractivity contribution is -0.121. The number of amides is 1. The van der Waals surface area contributed by atoms with Crippen molar-refractivity contribution in [1.82, 2.24) is 4.90 Å². The standard InChI is InChI=1S/C15H17Cl2N3O/c1-2-5-20-6-3-10(4-7-20)15(21)19-11-8-12(16)14(18)13(17)9-11/h1,8-10H,3-7,18H2,(H,19,21). The van der Waals surface area contributed by atoms with Crippen molar-refractivity contribution in [1.29, 1.82) is 0 Å². The second-order valence-electron chi connectivity index (χ2n) is 5.10. The van der Waals surface area contributed by atoms with Gasteiger partial charge in [0.1, 0.15) is 0 Å². The van der Waals surface area contributed by atoms with Crippen molar-refractivity contribution < 1.29 is 4.79 Å². The van der Waals surface area contributed by atoms with Gasteiger partial charge in [-0.05, 0) is 38.1 Å². The van der Waals surface area contributed by atoms with Crippen molar-refractivity contribution in [3.63, 3.8) is 0 Å². The first-order chi connectivity index (χ1) is 10.0. The average molecular weight is 326 g/mol. The smallest absolute Gasteiger partial charge is 0.227 e. The first-order valence-electron chi connectivity index (χ1n) is 6.72. The van der Waals surface area contributed by atoms with Crippen LogP contribution in [0.3, 0.4) is 0 Å². The molecular formula is C15H17Cl2N3O. The molecule has 0 radical (unpaired) electrons. The lowest BCUT2D eigenvalue weighted by Gasteiger charge is -2.29. The number of piperidine rings is 1. The third kappa shape index (κ3) is 4.04. The first-order valence-corrected chi connectivity index (χ1v) is 7.48. The minimum absolute atomic E-state index is 0.0193. The van der Waals surface area contributed by atoms with E-state index in [1.807, 2.05) is 0 Å². The second-order valence-corrected chi connectivity index (χ2v) is 5.91. The Labute approximate surface area is 134 Å². The molecule has 0 bridgehead atoms. The molecule has 1 aliphatic rings. The van der Waals surface area contributed by atoms with E-state index in [9.17, 15) is 4.79 Å². The molecule has 2 rings (SSSR count). The fourth-order valence-electron chi connectivity index (χ4n) is 2.38. The third-order valence-corrected chi connectivity index (χ3v) is 4.25. The topological polar surface area (TPSA) is 58.4 Å². The number of hydrogen-bond acceptors (Lipinski definition) is 3. The summed E-state index contributed by atoms with van der Waals surface area (Å²) in [4.78, 5) is 14.4. The molecule has 1 amide bonds. The Hall–Kier alpha value is -1.41. The number of nitrogen functional groups attached to an aromatic ring is 1. The molecule has 0 atom stereocenters.